The van der Waals surface area contributed by atoms with Crippen LogP contribution in [0, 0.1) is 0 Å². The molecule has 0 saturated carbocycles. The lowest BCUT2D eigenvalue weighted by molar-refractivity contribution is 0.0954. The van der Waals surface area contributed by atoms with Gasteiger partial charge in [-0.25, -0.2) is 0 Å². The first-order valence-electron chi connectivity index (χ1n) is 7.60. The number of carbonyl (C=O) groups excluding carboxylic acids is 1. The van der Waals surface area contributed by atoms with Crippen LogP contribution in [0.15, 0.2) is 18.2 Å². The summed E-state index contributed by atoms with van der Waals surface area (Å²) in [5, 5.41) is 4.65. The fourth-order valence-corrected chi connectivity index (χ4v) is 3.21. The van der Waals surface area contributed by atoms with Gasteiger partial charge < -0.3 is 5.32 Å². The van der Waals surface area contributed by atoms with Crippen LogP contribution in [0.3, 0.4) is 0 Å². The van der Waals surface area contributed by atoms with Crippen LogP contribution in [0.2, 0.25) is 5.02 Å². The summed E-state index contributed by atoms with van der Waals surface area (Å²) in [4.78, 5) is 16.8. The maximum atomic E-state index is 12.0. The molecule has 1 heterocycles. The number of aromatic nitrogens is 1. The van der Waals surface area contributed by atoms with E-state index in [4.69, 9.17) is 16.6 Å². The molecule has 1 aliphatic rings. The van der Waals surface area contributed by atoms with Gasteiger partial charge in [0.1, 0.15) is 0 Å². The van der Waals surface area contributed by atoms with E-state index >= 15 is 0 Å². The van der Waals surface area contributed by atoms with Crippen molar-refractivity contribution in [2.24, 2.45) is 0 Å². The molecule has 1 aliphatic carbocycles. The Morgan fingerprint density at radius 1 is 1.33 bits per heavy atom. The Morgan fingerprint density at radius 3 is 2.95 bits per heavy atom. The third-order valence-corrected chi connectivity index (χ3v) is 4.42. The van der Waals surface area contributed by atoms with Crippen LogP contribution in [0.25, 0.3) is 10.9 Å². The number of hydrogen-bond donors (Lipinski definition) is 1. The minimum atomic E-state index is -0.0469. The molecule has 0 aliphatic heterocycles. The number of carbonyl (C=O) groups is 1. The summed E-state index contributed by atoms with van der Waals surface area (Å²) < 4.78 is 0. The second-order valence-electron chi connectivity index (χ2n) is 5.55. The van der Waals surface area contributed by atoms with Crippen LogP contribution in [-0.4, -0.2) is 17.4 Å². The quantitative estimate of drug-likeness (QED) is 0.934. The maximum absolute atomic E-state index is 12.0. The molecule has 1 aromatic carbocycles. The van der Waals surface area contributed by atoms with Crippen molar-refractivity contribution in [3.8, 4) is 0 Å². The zero-order valence-corrected chi connectivity index (χ0v) is 13.0. The molecule has 110 valence electrons. The van der Waals surface area contributed by atoms with Crippen LogP contribution < -0.4 is 5.32 Å². The first-order valence-corrected chi connectivity index (χ1v) is 7.97. The first-order chi connectivity index (χ1) is 10.2. The monoisotopic (exact) mass is 302 g/mol. The lowest BCUT2D eigenvalue weighted by Crippen LogP contribution is -2.23. The van der Waals surface area contributed by atoms with Crippen molar-refractivity contribution in [2.45, 2.75) is 39.0 Å². The number of rotatable bonds is 3. The summed E-state index contributed by atoms with van der Waals surface area (Å²) >= 11 is 6.53. The van der Waals surface area contributed by atoms with Gasteiger partial charge in [-0.15, -0.1) is 0 Å². The first kappa shape index (κ1) is 14.3. The summed E-state index contributed by atoms with van der Waals surface area (Å²) in [6, 6.07) is 5.59. The summed E-state index contributed by atoms with van der Waals surface area (Å²) in [7, 11) is 0. The Kier molecular flexibility index (Phi) is 4.11. The van der Waals surface area contributed by atoms with Gasteiger partial charge in [0.15, 0.2) is 0 Å². The van der Waals surface area contributed by atoms with Crippen LogP contribution in [0.5, 0.6) is 0 Å². The van der Waals surface area contributed by atoms with E-state index < -0.39 is 0 Å². The Hall–Kier alpha value is -1.61. The Morgan fingerprint density at radius 2 is 2.14 bits per heavy atom. The third kappa shape index (κ3) is 2.75. The predicted molar refractivity (Wildman–Crippen MR) is 86.0 cm³/mol. The van der Waals surface area contributed by atoms with E-state index in [1.165, 1.54) is 18.4 Å². The van der Waals surface area contributed by atoms with Gasteiger partial charge in [-0.3, -0.25) is 9.78 Å². The largest absolute Gasteiger partial charge is 0.352 e. The maximum Gasteiger partial charge on any atom is 0.251 e. The van der Waals surface area contributed by atoms with Crippen molar-refractivity contribution in [1.82, 2.24) is 10.3 Å². The molecule has 0 saturated heterocycles. The van der Waals surface area contributed by atoms with E-state index in [9.17, 15) is 4.79 Å². The van der Waals surface area contributed by atoms with Gasteiger partial charge in [-0.1, -0.05) is 24.6 Å². The molecule has 0 spiro atoms. The van der Waals surface area contributed by atoms with Gasteiger partial charge in [0.2, 0.25) is 0 Å². The lowest BCUT2D eigenvalue weighted by atomic mass is 9.94. The number of amides is 1. The van der Waals surface area contributed by atoms with Crippen molar-refractivity contribution in [3.63, 3.8) is 0 Å². The number of nitrogens with zero attached hydrogens (tertiary/aromatic N) is 1. The van der Waals surface area contributed by atoms with Gasteiger partial charge in [-0.05, 0) is 49.8 Å². The predicted octanol–water partition coefficient (Wildman–Crippen LogP) is 3.91. The number of hydrogen-bond acceptors (Lipinski definition) is 2. The van der Waals surface area contributed by atoms with E-state index in [-0.39, 0.29) is 5.91 Å². The summed E-state index contributed by atoms with van der Waals surface area (Å²) in [6.45, 7) is 2.73. The van der Waals surface area contributed by atoms with Crippen molar-refractivity contribution in [3.05, 3.63) is 40.0 Å². The molecule has 1 amide bonds. The number of pyridine rings is 1. The SMILES string of the molecule is CCCNC(=O)c1ccc2c(Cl)c3c(nc2c1)CCCC3. The zero-order chi connectivity index (χ0) is 14.8. The third-order valence-electron chi connectivity index (χ3n) is 3.99. The summed E-state index contributed by atoms with van der Waals surface area (Å²) in [6.07, 6.45) is 5.26. The highest BCUT2D eigenvalue weighted by Gasteiger charge is 2.17. The zero-order valence-electron chi connectivity index (χ0n) is 12.2. The number of aryl methyl sites for hydroxylation is 1. The minimum Gasteiger partial charge on any atom is -0.352 e. The van der Waals surface area contributed by atoms with E-state index in [0.29, 0.717) is 12.1 Å². The molecule has 0 unspecified atom stereocenters. The smallest absolute Gasteiger partial charge is 0.251 e. The number of benzene rings is 1. The molecule has 0 bridgehead atoms. The van der Waals surface area contributed by atoms with Gasteiger partial charge in [0, 0.05) is 23.2 Å². The van der Waals surface area contributed by atoms with Crippen molar-refractivity contribution in [2.75, 3.05) is 6.54 Å². The van der Waals surface area contributed by atoms with E-state index in [2.05, 4.69) is 5.32 Å². The fraction of sp³-hybridized carbons (Fsp3) is 0.412. The molecule has 0 atom stereocenters. The van der Waals surface area contributed by atoms with E-state index in [0.717, 1.165) is 40.9 Å². The van der Waals surface area contributed by atoms with Crippen molar-refractivity contribution >= 4 is 28.4 Å². The van der Waals surface area contributed by atoms with Crippen molar-refractivity contribution in [1.29, 1.82) is 0 Å². The standard InChI is InChI=1S/C17H19ClN2O/c1-2-9-19-17(21)11-7-8-13-15(10-11)20-14-6-4-3-5-12(14)16(13)18/h7-8,10H,2-6,9H2,1H3,(H,19,21). The molecule has 4 heteroatoms. The summed E-state index contributed by atoms with van der Waals surface area (Å²) in [5.41, 5.74) is 3.77. The molecule has 21 heavy (non-hydrogen) atoms. The molecular weight excluding hydrogens is 284 g/mol. The molecular formula is C17H19ClN2O. The van der Waals surface area contributed by atoms with Crippen LogP contribution in [-0.2, 0) is 12.8 Å². The molecule has 2 aromatic rings. The Balaban J connectivity index is 2.03. The van der Waals surface area contributed by atoms with Crippen LogP contribution in [0.4, 0.5) is 0 Å². The Labute approximate surface area is 129 Å². The molecule has 3 rings (SSSR count). The van der Waals surface area contributed by atoms with Crippen molar-refractivity contribution < 1.29 is 4.79 Å². The normalized spacial score (nSPS) is 14.0. The lowest BCUT2D eigenvalue weighted by Gasteiger charge is -2.18. The Bertz CT molecular complexity index is 697. The van der Waals surface area contributed by atoms with Gasteiger partial charge in [0.05, 0.1) is 10.5 Å². The van der Waals surface area contributed by atoms with Crippen LogP contribution >= 0.6 is 11.6 Å². The molecule has 0 radical (unpaired) electrons. The fourth-order valence-electron chi connectivity index (χ4n) is 2.85. The van der Waals surface area contributed by atoms with Crippen LogP contribution in [0.1, 0.15) is 47.8 Å². The number of halogens is 1. The average molecular weight is 303 g/mol. The van der Waals surface area contributed by atoms with Gasteiger partial charge in [0.25, 0.3) is 5.91 Å². The van der Waals surface area contributed by atoms with Gasteiger partial charge in [-0.2, -0.15) is 0 Å². The average Bonchev–Trinajstić information content (AvgIpc) is 2.52. The highest BCUT2D eigenvalue weighted by atomic mass is 35.5. The highest BCUT2D eigenvalue weighted by Crippen LogP contribution is 2.33. The van der Waals surface area contributed by atoms with E-state index in [1.54, 1.807) is 0 Å². The second kappa shape index (κ2) is 6.02. The minimum absolute atomic E-state index is 0.0469. The van der Waals surface area contributed by atoms with Gasteiger partial charge >= 0.3 is 0 Å². The topological polar surface area (TPSA) is 42.0 Å². The van der Waals surface area contributed by atoms with E-state index in [1.807, 2.05) is 25.1 Å². The second-order valence-corrected chi connectivity index (χ2v) is 5.92. The molecule has 3 nitrogen and oxygen atoms in total. The highest BCUT2D eigenvalue weighted by molar-refractivity contribution is 6.36. The molecule has 1 N–H and O–H groups in total. The number of nitrogens with one attached hydrogen (secondary N) is 1. The molecule has 0 fully saturated rings. The summed E-state index contributed by atoms with van der Waals surface area (Å²) in [5.74, 6) is -0.0469. The molecule has 1 aromatic heterocycles. The number of fused-ring (bicyclic) bond motifs is 2.